The first-order chi connectivity index (χ1) is 18.6. The second-order valence-electron chi connectivity index (χ2n) is 9.78. The number of hydrogen-bond acceptors (Lipinski definition) is 6. The number of imidazole rings is 1. The van der Waals surface area contributed by atoms with E-state index in [-0.39, 0.29) is 11.8 Å². The van der Waals surface area contributed by atoms with Crippen LogP contribution in [0, 0.1) is 12.8 Å². The van der Waals surface area contributed by atoms with Crippen LogP contribution < -0.4 is 5.32 Å². The highest BCUT2D eigenvalue weighted by Gasteiger charge is 2.25. The highest BCUT2D eigenvalue weighted by Crippen LogP contribution is 2.32. The van der Waals surface area contributed by atoms with E-state index in [9.17, 15) is 4.79 Å². The maximum absolute atomic E-state index is 12.4. The second kappa shape index (κ2) is 8.88. The first kappa shape index (κ1) is 22.3. The van der Waals surface area contributed by atoms with Gasteiger partial charge in [-0.3, -0.25) is 19.9 Å². The predicted molar refractivity (Wildman–Crippen MR) is 146 cm³/mol. The molecular weight excluding hydrogens is 476 g/mol. The van der Waals surface area contributed by atoms with E-state index in [1.165, 1.54) is 5.56 Å². The Morgan fingerprint density at radius 2 is 1.82 bits per heavy atom. The monoisotopic (exact) mass is 500 g/mol. The molecule has 1 fully saturated rings. The molecule has 1 amide bonds. The van der Waals surface area contributed by atoms with Gasteiger partial charge in [0.05, 0.1) is 40.3 Å². The van der Waals surface area contributed by atoms with Gasteiger partial charge in [-0.05, 0) is 43.5 Å². The molecule has 9 nitrogen and oxygen atoms in total. The number of benzene rings is 1. The first-order valence-electron chi connectivity index (χ1n) is 12.6. The van der Waals surface area contributed by atoms with Crippen molar-refractivity contribution in [3.05, 3.63) is 72.8 Å². The average molecular weight is 501 g/mol. The Morgan fingerprint density at radius 3 is 2.66 bits per heavy atom. The molecule has 3 N–H and O–H groups in total. The van der Waals surface area contributed by atoms with Crippen molar-refractivity contribution >= 4 is 33.7 Å². The first-order valence-corrected chi connectivity index (χ1v) is 12.6. The molecule has 6 aromatic rings. The van der Waals surface area contributed by atoms with Crippen LogP contribution in [0.1, 0.15) is 24.8 Å². The quantitative estimate of drug-likeness (QED) is 0.280. The fourth-order valence-electron chi connectivity index (χ4n) is 4.86. The molecule has 1 saturated carbocycles. The summed E-state index contributed by atoms with van der Waals surface area (Å²) < 4.78 is 0. The van der Waals surface area contributed by atoms with Crippen molar-refractivity contribution in [3.8, 4) is 33.9 Å². The highest BCUT2D eigenvalue weighted by molar-refractivity contribution is 5.96. The fraction of sp³-hybridized carbons (Fsp3) is 0.172. The molecule has 38 heavy (non-hydrogen) atoms. The lowest BCUT2D eigenvalue weighted by Gasteiger charge is -2.24. The van der Waals surface area contributed by atoms with Crippen LogP contribution in [0.25, 0.3) is 56.0 Å². The van der Waals surface area contributed by atoms with Crippen molar-refractivity contribution < 1.29 is 4.79 Å². The van der Waals surface area contributed by atoms with Crippen molar-refractivity contribution in [2.45, 2.75) is 26.2 Å². The Kier molecular flexibility index (Phi) is 5.21. The van der Waals surface area contributed by atoms with Gasteiger partial charge in [-0.2, -0.15) is 5.10 Å². The number of aromatic nitrogens is 7. The number of nitrogens with zero attached hydrogens (tertiary/aromatic N) is 5. The molecular formula is C29H24N8O. The lowest BCUT2D eigenvalue weighted by Crippen LogP contribution is -2.28. The summed E-state index contributed by atoms with van der Waals surface area (Å²) in [6.07, 6.45) is 10.0. The van der Waals surface area contributed by atoms with Gasteiger partial charge < -0.3 is 10.3 Å². The molecule has 1 aliphatic rings. The number of nitrogens with one attached hydrogen (secondary N) is 3. The van der Waals surface area contributed by atoms with Crippen LogP contribution in [0.4, 0.5) is 5.69 Å². The Bertz CT molecular complexity index is 1830. The maximum Gasteiger partial charge on any atom is 0.227 e. The van der Waals surface area contributed by atoms with Gasteiger partial charge in [-0.15, -0.1) is 0 Å². The van der Waals surface area contributed by atoms with E-state index < -0.39 is 0 Å². The normalized spacial score (nSPS) is 13.6. The number of aryl methyl sites for hydroxylation is 1. The summed E-state index contributed by atoms with van der Waals surface area (Å²) >= 11 is 0. The van der Waals surface area contributed by atoms with Crippen molar-refractivity contribution in [1.82, 2.24) is 35.1 Å². The van der Waals surface area contributed by atoms with Crippen LogP contribution in [-0.2, 0) is 4.79 Å². The van der Waals surface area contributed by atoms with Gasteiger partial charge in [0.15, 0.2) is 11.5 Å². The van der Waals surface area contributed by atoms with Crippen LogP contribution in [0.15, 0.2) is 67.3 Å². The number of rotatable bonds is 5. The van der Waals surface area contributed by atoms with Crippen molar-refractivity contribution in [3.63, 3.8) is 0 Å². The zero-order valence-corrected chi connectivity index (χ0v) is 20.7. The molecule has 0 atom stereocenters. The largest absolute Gasteiger partial charge is 0.335 e. The van der Waals surface area contributed by atoms with Crippen LogP contribution in [0.5, 0.6) is 0 Å². The lowest BCUT2D eigenvalue weighted by atomic mass is 9.85. The molecule has 5 aromatic heterocycles. The van der Waals surface area contributed by atoms with E-state index in [0.29, 0.717) is 22.7 Å². The number of anilines is 1. The van der Waals surface area contributed by atoms with Gasteiger partial charge in [0, 0.05) is 29.4 Å². The molecule has 0 radical (unpaired) electrons. The summed E-state index contributed by atoms with van der Waals surface area (Å²) in [5, 5.41) is 10.6. The third-order valence-electron chi connectivity index (χ3n) is 7.13. The Morgan fingerprint density at radius 1 is 0.921 bits per heavy atom. The molecule has 1 aliphatic carbocycles. The Labute approximate surface area is 217 Å². The van der Waals surface area contributed by atoms with Crippen molar-refractivity contribution in [2.75, 3.05) is 5.32 Å². The van der Waals surface area contributed by atoms with Crippen LogP contribution in [0.2, 0.25) is 0 Å². The maximum atomic E-state index is 12.4. The minimum Gasteiger partial charge on any atom is -0.335 e. The summed E-state index contributed by atoms with van der Waals surface area (Å²) in [6, 6.07) is 14.0. The van der Waals surface area contributed by atoms with Crippen molar-refractivity contribution in [2.24, 2.45) is 5.92 Å². The van der Waals surface area contributed by atoms with Crippen molar-refractivity contribution in [1.29, 1.82) is 0 Å². The number of hydrogen-bond donors (Lipinski definition) is 3. The average Bonchev–Trinajstić information content (AvgIpc) is 3.51. The summed E-state index contributed by atoms with van der Waals surface area (Å²) in [6.45, 7) is 2.07. The van der Waals surface area contributed by atoms with Crippen LogP contribution in [-0.4, -0.2) is 41.0 Å². The van der Waals surface area contributed by atoms with Gasteiger partial charge in [0.2, 0.25) is 5.91 Å². The molecule has 0 bridgehead atoms. The SMILES string of the molecule is Cc1cccc(-c2cncc3[nH]c(-c4n[nH]c5ccc(-c6cncc(NC(=O)C7CCC7)c6)nc45)nc23)c1. The standard InChI is InChI=1S/C29H24N8O/c1-16-4-2-7-18(10-16)21-14-31-15-24-25(21)35-28(34-24)27-26-23(36-37-27)9-8-22(33-26)19-11-20(13-30-12-19)32-29(38)17-5-3-6-17/h2,4,7-15,17H,3,5-6H2,1H3,(H,32,38)(H,34,35)(H,36,37). The lowest BCUT2D eigenvalue weighted by molar-refractivity contribution is -0.122. The molecule has 7 rings (SSSR count). The molecule has 0 aliphatic heterocycles. The molecule has 1 aromatic carbocycles. The number of amides is 1. The predicted octanol–water partition coefficient (Wildman–Crippen LogP) is 5.67. The summed E-state index contributed by atoms with van der Waals surface area (Å²) in [4.78, 5) is 34.4. The highest BCUT2D eigenvalue weighted by atomic mass is 16.1. The van der Waals surface area contributed by atoms with Crippen LogP contribution in [0.3, 0.4) is 0 Å². The summed E-state index contributed by atoms with van der Waals surface area (Å²) in [7, 11) is 0. The number of pyridine rings is 3. The van der Waals surface area contributed by atoms with E-state index in [1.54, 1.807) is 18.6 Å². The van der Waals surface area contributed by atoms with Gasteiger partial charge in [-0.1, -0.05) is 36.2 Å². The van der Waals surface area contributed by atoms with Gasteiger partial charge in [0.25, 0.3) is 0 Å². The fourth-order valence-corrected chi connectivity index (χ4v) is 4.86. The Balaban J connectivity index is 1.26. The van der Waals surface area contributed by atoms with E-state index in [4.69, 9.17) is 9.97 Å². The topological polar surface area (TPSA) is 125 Å². The molecule has 5 heterocycles. The number of fused-ring (bicyclic) bond motifs is 2. The third-order valence-corrected chi connectivity index (χ3v) is 7.13. The molecule has 9 heteroatoms. The Hall–Kier alpha value is -4.92. The number of aromatic amines is 2. The molecule has 0 unspecified atom stereocenters. The van der Waals surface area contributed by atoms with Gasteiger partial charge in [0.1, 0.15) is 5.52 Å². The third kappa shape index (κ3) is 3.88. The van der Waals surface area contributed by atoms with Gasteiger partial charge in [-0.25, -0.2) is 9.97 Å². The second-order valence-corrected chi connectivity index (χ2v) is 9.78. The van der Waals surface area contributed by atoms with Gasteiger partial charge >= 0.3 is 0 Å². The molecule has 0 saturated heterocycles. The molecule has 186 valence electrons. The van der Waals surface area contributed by atoms with E-state index in [2.05, 4.69) is 55.6 Å². The minimum atomic E-state index is 0.0557. The van der Waals surface area contributed by atoms with Crippen LogP contribution >= 0.6 is 0 Å². The zero-order valence-electron chi connectivity index (χ0n) is 20.7. The van der Waals surface area contributed by atoms with E-state index >= 15 is 0 Å². The number of H-pyrrole nitrogens is 2. The van der Waals surface area contributed by atoms with E-state index in [1.807, 2.05) is 30.5 Å². The number of carbonyl (C=O) groups excluding carboxylic acids is 1. The number of carbonyl (C=O) groups is 1. The zero-order chi connectivity index (χ0) is 25.6. The molecule has 0 spiro atoms. The summed E-state index contributed by atoms with van der Waals surface area (Å²) in [5.74, 6) is 0.768. The van der Waals surface area contributed by atoms with E-state index in [0.717, 1.165) is 58.2 Å². The minimum absolute atomic E-state index is 0.0557. The smallest absolute Gasteiger partial charge is 0.227 e. The summed E-state index contributed by atoms with van der Waals surface area (Å²) in [5.41, 5.74) is 9.15.